The molecule has 1 aromatic carbocycles. The normalized spacial score (nSPS) is 15.0. The zero-order chi connectivity index (χ0) is 20.4. The number of nitrogens with zero attached hydrogens (tertiary/aromatic N) is 3. The van der Waals surface area contributed by atoms with Crippen LogP contribution in [0.4, 0.5) is 0 Å². The predicted molar refractivity (Wildman–Crippen MR) is 108 cm³/mol. The van der Waals surface area contributed by atoms with Crippen LogP contribution < -0.4 is 11.0 Å². The first-order chi connectivity index (χ1) is 14.0. The topological polar surface area (TPSA) is 89.5 Å². The van der Waals surface area contributed by atoms with Gasteiger partial charge in [-0.1, -0.05) is 12.1 Å². The van der Waals surface area contributed by atoms with Crippen LogP contribution >= 0.6 is 0 Å². The lowest BCUT2D eigenvalue weighted by molar-refractivity contribution is -0.122. The van der Waals surface area contributed by atoms with Gasteiger partial charge < -0.3 is 14.6 Å². The molecule has 0 saturated carbocycles. The maximum Gasteiger partial charge on any atom is 0.328 e. The van der Waals surface area contributed by atoms with Crippen LogP contribution in [0.15, 0.2) is 51.9 Å². The van der Waals surface area contributed by atoms with Gasteiger partial charge in [-0.05, 0) is 37.1 Å². The van der Waals surface area contributed by atoms with Crippen LogP contribution in [0, 0.1) is 0 Å². The third-order valence-electron chi connectivity index (χ3n) is 5.49. The summed E-state index contributed by atoms with van der Waals surface area (Å²) < 4.78 is 8.40. The fraction of sp³-hybridized carbons (Fsp3) is 0.381. The molecule has 0 spiro atoms. The van der Waals surface area contributed by atoms with Crippen molar-refractivity contribution in [3.63, 3.8) is 0 Å². The lowest BCUT2D eigenvalue weighted by atomic mass is 10.0. The summed E-state index contributed by atoms with van der Waals surface area (Å²) >= 11 is 0. The largest absolute Gasteiger partial charge is 0.459 e. The van der Waals surface area contributed by atoms with Crippen molar-refractivity contribution in [2.75, 3.05) is 13.1 Å². The molecule has 2 aromatic heterocycles. The number of hydrogen-bond donors (Lipinski definition) is 1. The number of benzene rings is 1. The van der Waals surface area contributed by atoms with Gasteiger partial charge in [0.15, 0.2) is 5.76 Å². The third-order valence-corrected chi connectivity index (χ3v) is 5.49. The molecule has 1 aliphatic heterocycles. The summed E-state index contributed by atoms with van der Waals surface area (Å²) in [6, 6.07) is 10.9. The van der Waals surface area contributed by atoms with Crippen LogP contribution in [0.1, 0.15) is 29.8 Å². The number of hydrogen-bond acceptors (Lipinski definition) is 4. The molecule has 1 fully saturated rings. The number of nitrogens with one attached hydrogen (secondary N) is 1. The molecule has 8 heteroatoms. The zero-order valence-electron chi connectivity index (χ0n) is 16.3. The monoisotopic (exact) mass is 396 g/mol. The van der Waals surface area contributed by atoms with Crippen LogP contribution in [0.2, 0.25) is 0 Å². The molecule has 0 aliphatic carbocycles. The standard InChI is InChI=1S/C21H24N4O4/c1-23-16-5-2-3-6-17(16)25(21(23)28)13-10-19(26)22-15-8-11-24(12-9-15)20(27)18-7-4-14-29-18/h2-7,14-15H,8-13H2,1H3,(H,22,26). The Balaban J connectivity index is 1.30. The molecule has 1 aliphatic rings. The fourth-order valence-corrected chi connectivity index (χ4v) is 3.88. The quantitative estimate of drug-likeness (QED) is 0.711. The van der Waals surface area contributed by atoms with Gasteiger partial charge in [-0.25, -0.2) is 4.79 Å². The van der Waals surface area contributed by atoms with E-state index < -0.39 is 0 Å². The van der Waals surface area contributed by atoms with Gasteiger partial charge >= 0.3 is 5.69 Å². The Hall–Kier alpha value is -3.29. The first-order valence-corrected chi connectivity index (χ1v) is 9.81. The summed E-state index contributed by atoms with van der Waals surface area (Å²) in [4.78, 5) is 38.9. The summed E-state index contributed by atoms with van der Waals surface area (Å²) in [6.45, 7) is 1.49. The molecule has 29 heavy (non-hydrogen) atoms. The molecule has 1 N–H and O–H groups in total. The highest BCUT2D eigenvalue weighted by molar-refractivity contribution is 5.91. The molecule has 3 aromatic rings. The van der Waals surface area contributed by atoms with Gasteiger partial charge in [0.05, 0.1) is 17.3 Å². The second-order valence-corrected chi connectivity index (χ2v) is 7.34. The number of amides is 2. The third kappa shape index (κ3) is 3.83. The number of para-hydroxylation sites is 2. The van der Waals surface area contributed by atoms with Gasteiger partial charge in [0.2, 0.25) is 5.91 Å². The number of aryl methyl sites for hydroxylation is 2. The molecule has 8 nitrogen and oxygen atoms in total. The van der Waals surface area contributed by atoms with E-state index in [-0.39, 0.29) is 30.0 Å². The number of carbonyl (C=O) groups is 2. The molecule has 0 unspecified atom stereocenters. The minimum absolute atomic E-state index is 0.0346. The van der Waals surface area contributed by atoms with Crippen LogP contribution in [0.25, 0.3) is 11.0 Å². The summed E-state index contributed by atoms with van der Waals surface area (Å²) in [5.74, 6) is 0.142. The average molecular weight is 396 g/mol. The SMILES string of the molecule is Cn1c(=O)n(CCC(=O)NC2CCN(C(=O)c3ccco3)CC2)c2ccccc21. The summed E-state index contributed by atoms with van der Waals surface area (Å²) in [7, 11) is 1.74. The van der Waals surface area contributed by atoms with Crippen LogP contribution in [0.5, 0.6) is 0 Å². The van der Waals surface area contributed by atoms with E-state index in [0.717, 1.165) is 11.0 Å². The number of likely N-dealkylation sites (tertiary alicyclic amines) is 1. The maximum absolute atomic E-state index is 12.4. The molecule has 0 bridgehead atoms. The molecule has 0 atom stereocenters. The predicted octanol–water partition coefficient (Wildman–Crippen LogP) is 1.74. The zero-order valence-corrected chi connectivity index (χ0v) is 16.3. The number of rotatable bonds is 5. The van der Waals surface area contributed by atoms with Gasteiger partial charge in [0.1, 0.15) is 0 Å². The molecule has 152 valence electrons. The second-order valence-electron chi connectivity index (χ2n) is 7.34. The van der Waals surface area contributed by atoms with Gasteiger partial charge in [-0.15, -0.1) is 0 Å². The van der Waals surface area contributed by atoms with Crippen LogP contribution in [-0.2, 0) is 18.4 Å². The Labute approximate surface area is 167 Å². The van der Waals surface area contributed by atoms with Crippen molar-refractivity contribution >= 4 is 22.8 Å². The summed E-state index contributed by atoms with van der Waals surface area (Å²) in [5, 5.41) is 3.04. The van der Waals surface area contributed by atoms with Crippen molar-refractivity contribution in [1.82, 2.24) is 19.4 Å². The first-order valence-electron chi connectivity index (χ1n) is 9.81. The number of fused-ring (bicyclic) bond motifs is 1. The molecule has 4 rings (SSSR count). The Kier molecular flexibility index (Phi) is 5.24. The lowest BCUT2D eigenvalue weighted by Crippen LogP contribution is -2.46. The van der Waals surface area contributed by atoms with Crippen molar-refractivity contribution < 1.29 is 14.0 Å². The fourth-order valence-electron chi connectivity index (χ4n) is 3.88. The highest BCUT2D eigenvalue weighted by atomic mass is 16.3. The Morgan fingerprint density at radius 2 is 1.83 bits per heavy atom. The van der Waals surface area contributed by atoms with E-state index in [1.54, 1.807) is 33.2 Å². The van der Waals surface area contributed by atoms with E-state index in [1.165, 1.54) is 6.26 Å². The van der Waals surface area contributed by atoms with Gasteiger partial charge in [-0.3, -0.25) is 18.7 Å². The highest BCUT2D eigenvalue weighted by Gasteiger charge is 2.25. The Bertz CT molecular complexity index is 1070. The number of aromatic nitrogens is 2. The number of piperidine rings is 1. The van der Waals surface area contributed by atoms with Crippen molar-refractivity contribution in [2.45, 2.75) is 31.8 Å². The Morgan fingerprint density at radius 1 is 1.10 bits per heavy atom. The molecule has 1 saturated heterocycles. The van der Waals surface area contributed by atoms with E-state index in [4.69, 9.17) is 4.42 Å². The van der Waals surface area contributed by atoms with Crippen molar-refractivity contribution in [3.05, 3.63) is 58.9 Å². The van der Waals surface area contributed by atoms with Gasteiger partial charge in [0.25, 0.3) is 5.91 Å². The van der Waals surface area contributed by atoms with E-state index in [9.17, 15) is 14.4 Å². The number of carbonyl (C=O) groups excluding carboxylic acids is 2. The lowest BCUT2D eigenvalue weighted by Gasteiger charge is -2.31. The molecular weight excluding hydrogens is 372 g/mol. The smallest absolute Gasteiger partial charge is 0.328 e. The number of imidazole rings is 1. The molecular formula is C21H24N4O4. The van der Waals surface area contributed by atoms with Crippen molar-refractivity contribution in [3.8, 4) is 0 Å². The Morgan fingerprint density at radius 3 is 2.52 bits per heavy atom. The average Bonchev–Trinajstić information content (AvgIpc) is 3.35. The van der Waals surface area contributed by atoms with Gasteiger partial charge in [0, 0.05) is 39.1 Å². The first kappa shape index (κ1) is 19.0. The van der Waals surface area contributed by atoms with Crippen LogP contribution in [0.3, 0.4) is 0 Å². The van der Waals surface area contributed by atoms with Gasteiger partial charge in [-0.2, -0.15) is 0 Å². The van der Waals surface area contributed by atoms with Crippen molar-refractivity contribution in [2.24, 2.45) is 7.05 Å². The minimum Gasteiger partial charge on any atom is -0.459 e. The van der Waals surface area contributed by atoms with E-state index in [2.05, 4.69) is 5.32 Å². The second kappa shape index (κ2) is 7.98. The molecule has 3 heterocycles. The minimum atomic E-state index is -0.122. The van der Waals surface area contributed by atoms with Crippen molar-refractivity contribution in [1.29, 1.82) is 0 Å². The van der Waals surface area contributed by atoms with Crippen LogP contribution in [-0.4, -0.2) is 45.0 Å². The summed E-state index contributed by atoms with van der Waals surface area (Å²) in [6.07, 6.45) is 3.12. The molecule has 2 amide bonds. The van der Waals surface area contributed by atoms with E-state index in [1.807, 2.05) is 24.3 Å². The number of furan rings is 1. The highest BCUT2D eigenvalue weighted by Crippen LogP contribution is 2.15. The molecule has 0 radical (unpaired) electrons. The van der Waals surface area contributed by atoms with E-state index >= 15 is 0 Å². The van der Waals surface area contributed by atoms with E-state index in [0.29, 0.717) is 38.2 Å². The summed E-state index contributed by atoms with van der Waals surface area (Å²) in [5.41, 5.74) is 1.56. The maximum atomic E-state index is 12.4.